The molecule has 1 aromatic heterocycles. The van der Waals surface area contributed by atoms with Gasteiger partial charge in [-0.3, -0.25) is 9.48 Å². The predicted molar refractivity (Wildman–Crippen MR) is 136 cm³/mol. The van der Waals surface area contributed by atoms with Crippen LogP contribution in [0.25, 0.3) is 11.3 Å². The van der Waals surface area contributed by atoms with Crippen LogP contribution in [-0.2, 0) is 24.5 Å². The van der Waals surface area contributed by atoms with Gasteiger partial charge in [-0.25, -0.2) is 4.39 Å². The lowest BCUT2D eigenvalue weighted by Gasteiger charge is -2.34. The van der Waals surface area contributed by atoms with Gasteiger partial charge in [-0.2, -0.15) is 26.7 Å². The fraction of sp³-hybridized carbons (Fsp3) is 0.600. The largest absolute Gasteiger partial charge is 0.394 e. The third kappa shape index (κ3) is 7.63. The lowest BCUT2D eigenvalue weighted by Crippen LogP contribution is -2.45. The highest BCUT2D eigenvalue weighted by Crippen LogP contribution is 2.41. The number of carbonyl (C=O) groups is 1. The molecule has 0 saturated heterocycles. The molecular formula is C25H32ClF4N3O4S. The van der Waals surface area contributed by atoms with Gasteiger partial charge in [0.05, 0.1) is 21.7 Å². The number of aryl methyl sites for hydroxylation is 1. The molecule has 2 aromatic rings. The topological polar surface area (TPSA) is 101 Å². The molecule has 0 bridgehead atoms. The van der Waals surface area contributed by atoms with E-state index in [1.54, 1.807) is 6.92 Å². The van der Waals surface area contributed by atoms with Crippen molar-refractivity contribution in [3.05, 3.63) is 40.3 Å². The van der Waals surface area contributed by atoms with E-state index in [1.165, 1.54) is 16.8 Å². The number of alkyl halides is 3. The number of nitrogens with zero attached hydrogens (tertiary/aromatic N) is 2. The Bertz CT molecular complexity index is 1170. The van der Waals surface area contributed by atoms with Crippen molar-refractivity contribution < 1.29 is 35.9 Å². The van der Waals surface area contributed by atoms with E-state index in [-0.39, 0.29) is 47.0 Å². The monoisotopic (exact) mass is 581 g/mol. The average Bonchev–Trinajstić information content (AvgIpc) is 3.15. The number of amides is 1. The second-order valence-corrected chi connectivity index (χ2v) is 10.9. The number of benzene rings is 1. The second kappa shape index (κ2) is 12.7. The SMILES string of the molecule is CCn1nc(C(=O)NCC2(O)CCC(C)CC2)c(Cl)c1-c1ccc(CC(C)(C)C(F)(F)F)cc1F.O=S=O. The Morgan fingerprint density at radius 2 is 1.84 bits per heavy atom. The highest BCUT2D eigenvalue weighted by atomic mass is 35.5. The maximum absolute atomic E-state index is 15.1. The summed E-state index contributed by atoms with van der Waals surface area (Å²) in [4.78, 5) is 12.8. The van der Waals surface area contributed by atoms with Crippen molar-refractivity contribution in [1.29, 1.82) is 0 Å². The molecule has 38 heavy (non-hydrogen) atoms. The molecule has 1 aliphatic carbocycles. The van der Waals surface area contributed by atoms with Crippen molar-refractivity contribution in [1.82, 2.24) is 15.1 Å². The third-order valence-corrected chi connectivity index (χ3v) is 7.25. The first kappa shape index (κ1) is 31.9. The molecule has 0 aliphatic heterocycles. The van der Waals surface area contributed by atoms with Gasteiger partial charge >= 0.3 is 17.7 Å². The van der Waals surface area contributed by atoms with Crippen LogP contribution in [0.1, 0.15) is 69.4 Å². The fourth-order valence-corrected chi connectivity index (χ4v) is 4.67. The van der Waals surface area contributed by atoms with Gasteiger partial charge in [0, 0.05) is 18.7 Å². The van der Waals surface area contributed by atoms with Gasteiger partial charge in [-0.1, -0.05) is 38.4 Å². The Morgan fingerprint density at radius 1 is 1.26 bits per heavy atom. The zero-order valence-corrected chi connectivity index (χ0v) is 23.2. The summed E-state index contributed by atoms with van der Waals surface area (Å²) >= 11 is 5.72. The summed E-state index contributed by atoms with van der Waals surface area (Å²) < 4.78 is 72.8. The van der Waals surface area contributed by atoms with E-state index in [0.717, 1.165) is 32.8 Å². The zero-order valence-electron chi connectivity index (χ0n) is 21.6. The van der Waals surface area contributed by atoms with Crippen LogP contribution in [0.2, 0.25) is 5.02 Å². The average molecular weight is 582 g/mol. The molecule has 212 valence electrons. The van der Waals surface area contributed by atoms with Crippen molar-refractivity contribution >= 4 is 29.1 Å². The highest BCUT2D eigenvalue weighted by molar-refractivity contribution is 7.51. The normalized spacial score (nSPS) is 19.9. The Labute approximate surface area is 227 Å². The maximum Gasteiger partial charge on any atom is 0.394 e. The minimum Gasteiger partial charge on any atom is -0.388 e. The Balaban J connectivity index is 0.00000161. The van der Waals surface area contributed by atoms with Crippen molar-refractivity contribution in [2.24, 2.45) is 11.3 Å². The van der Waals surface area contributed by atoms with Gasteiger partial charge in [-0.15, -0.1) is 0 Å². The lowest BCUT2D eigenvalue weighted by atomic mass is 9.79. The van der Waals surface area contributed by atoms with Crippen LogP contribution in [0.5, 0.6) is 0 Å². The van der Waals surface area contributed by atoms with Crippen LogP contribution in [0.3, 0.4) is 0 Å². The summed E-state index contributed by atoms with van der Waals surface area (Å²) in [5.41, 5.74) is -2.70. The molecular weight excluding hydrogens is 550 g/mol. The van der Waals surface area contributed by atoms with E-state index in [0.29, 0.717) is 18.8 Å². The molecule has 13 heteroatoms. The van der Waals surface area contributed by atoms with Crippen LogP contribution in [-0.4, -0.2) is 47.5 Å². The molecule has 0 unspecified atom stereocenters. The maximum atomic E-state index is 15.1. The second-order valence-electron chi connectivity index (χ2n) is 10.4. The Morgan fingerprint density at radius 3 is 2.34 bits per heavy atom. The van der Waals surface area contributed by atoms with Gasteiger partial charge in [0.25, 0.3) is 5.91 Å². The third-order valence-electron chi connectivity index (χ3n) is 6.89. The molecule has 2 N–H and O–H groups in total. The molecule has 1 aliphatic rings. The number of halogens is 5. The van der Waals surface area contributed by atoms with Gasteiger partial charge in [0.1, 0.15) is 5.82 Å². The smallest absolute Gasteiger partial charge is 0.388 e. The fourth-order valence-electron chi connectivity index (χ4n) is 4.35. The number of hydrogen-bond acceptors (Lipinski definition) is 5. The van der Waals surface area contributed by atoms with Crippen molar-refractivity contribution in [2.75, 3.05) is 6.54 Å². The van der Waals surface area contributed by atoms with E-state index in [9.17, 15) is 23.1 Å². The minimum atomic E-state index is -4.43. The molecule has 0 radical (unpaired) electrons. The summed E-state index contributed by atoms with van der Waals surface area (Å²) in [6.07, 6.45) is -1.91. The standard InChI is InChI=1S/C25H32ClF4N3O2.O2S/c1-5-33-21(17-7-6-16(12-18(17)27)13-23(3,4)25(28,29)30)19(26)20(32-33)22(34)31-14-24(35)10-8-15(2)9-11-24;1-3-2/h6-7,12,15,35H,5,8-11,13-14H2,1-4H3,(H,31,34);. The number of aliphatic hydroxyl groups is 1. The molecule has 1 aromatic carbocycles. The number of hydrogen-bond donors (Lipinski definition) is 2. The van der Waals surface area contributed by atoms with Crippen LogP contribution in [0, 0.1) is 17.2 Å². The lowest BCUT2D eigenvalue weighted by molar-refractivity contribution is -0.211. The van der Waals surface area contributed by atoms with Crippen LogP contribution >= 0.6 is 11.6 Å². The van der Waals surface area contributed by atoms with E-state index >= 15 is 4.39 Å². The quantitative estimate of drug-likeness (QED) is 0.421. The summed E-state index contributed by atoms with van der Waals surface area (Å²) in [7, 11) is 0. The first-order chi connectivity index (χ1) is 17.6. The predicted octanol–water partition coefficient (Wildman–Crippen LogP) is 5.49. The summed E-state index contributed by atoms with van der Waals surface area (Å²) in [6, 6.07) is 3.85. The highest BCUT2D eigenvalue weighted by Gasteiger charge is 2.47. The molecule has 1 amide bonds. The molecule has 7 nitrogen and oxygen atoms in total. The van der Waals surface area contributed by atoms with Crippen molar-refractivity contribution in [2.45, 2.75) is 78.1 Å². The Kier molecular flexibility index (Phi) is 10.7. The van der Waals surface area contributed by atoms with Gasteiger partial charge in [-0.05, 0) is 62.6 Å². The van der Waals surface area contributed by atoms with Gasteiger partial charge < -0.3 is 10.4 Å². The summed E-state index contributed by atoms with van der Waals surface area (Å²) in [6.45, 7) is 6.35. The number of rotatable bonds is 7. The molecule has 1 saturated carbocycles. The van der Waals surface area contributed by atoms with Gasteiger partial charge in [0.15, 0.2) is 5.69 Å². The number of aromatic nitrogens is 2. The molecule has 1 heterocycles. The first-order valence-electron chi connectivity index (χ1n) is 12.1. The minimum absolute atomic E-state index is 0.0388. The number of nitrogens with one attached hydrogen (secondary N) is 1. The van der Waals surface area contributed by atoms with E-state index in [2.05, 4.69) is 17.3 Å². The van der Waals surface area contributed by atoms with Crippen LogP contribution < -0.4 is 5.32 Å². The van der Waals surface area contributed by atoms with Crippen molar-refractivity contribution in [3.8, 4) is 11.3 Å². The number of carbonyl (C=O) groups excluding carboxylic acids is 1. The Hall–Kier alpha value is -2.31. The van der Waals surface area contributed by atoms with E-state index in [4.69, 9.17) is 20.0 Å². The van der Waals surface area contributed by atoms with Crippen molar-refractivity contribution in [3.63, 3.8) is 0 Å². The zero-order chi connectivity index (χ0) is 28.9. The van der Waals surface area contributed by atoms with Gasteiger partial charge in [0.2, 0.25) is 0 Å². The molecule has 0 spiro atoms. The summed E-state index contributed by atoms with van der Waals surface area (Å²) in [5, 5.41) is 17.6. The van der Waals surface area contributed by atoms with Crippen LogP contribution in [0.4, 0.5) is 17.6 Å². The first-order valence-corrected chi connectivity index (χ1v) is 13.2. The summed E-state index contributed by atoms with van der Waals surface area (Å²) in [5.74, 6) is -0.807. The molecule has 1 fully saturated rings. The molecule has 3 rings (SSSR count). The van der Waals surface area contributed by atoms with E-state index in [1.807, 2.05) is 0 Å². The van der Waals surface area contributed by atoms with E-state index < -0.39 is 40.5 Å². The van der Waals surface area contributed by atoms with Crippen LogP contribution in [0.15, 0.2) is 18.2 Å². The molecule has 0 atom stereocenters.